The minimum absolute atomic E-state index is 0.202. The van der Waals surface area contributed by atoms with Crippen LogP contribution in [0.15, 0.2) is 36.7 Å². The average Bonchev–Trinajstić information content (AvgIpc) is 3.36. The molecule has 2 N–H and O–H groups in total. The minimum Gasteiger partial charge on any atom is -0.338 e. The van der Waals surface area contributed by atoms with Crippen LogP contribution >= 0.6 is 0 Å². The molecule has 2 amide bonds. The van der Waals surface area contributed by atoms with E-state index in [9.17, 15) is 9.18 Å². The number of rotatable bonds is 5. The molecule has 0 radical (unpaired) electrons. The minimum atomic E-state index is -0.264. The molecule has 4 rings (SSSR count). The Morgan fingerprint density at radius 1 is 1.26 bits per heavy atom. The number of amides is 2. The predicted octanol–water partition coefficient (Wildman–Crippen LogP) is 3.82. The molecule has 0 saturated heterocycles. The zero-order valence-corrected chi connectivity index (χ0v) is 15.5. The van der Waals surface area contributed by atoms with Crippen molar-refractivity contribution in [3.8, 4) is 0 Å². The second-order valence-electron chi connectivity index (χ2n) is 7.80. The Kier molecular flexibility index (Phi) is 5.41. The summed E-state index contributed by atoms with van der Waals surface area (Å²) in [6.07, 6.45) is 10.2. The molecule has 1 fully saturated rings. The van der Waals surface area contributed by atoms with Gasteiger partial charge in [-0.05, 0) is 37.2 Å². The van der Waals surface area contributed by atoms with Gasteiger partial charge in [0.15, 0.2) is 0 Å². The third-order valence-corrected chi connectivity index (χ3v) is 5.98. The lowest BCUT2D eigenvalue weighted by Crippen LogP contribution is -2.43. The second kappa shape index (κ2) is 8.11. The number of benzene rings is 1. The van der Waals surface area contributed by atoms with Crippen molar-refractivity contribution < 1.29 is 9.18 Å². The van der Waals surface area contributed by atoms with E-state index in [0.29, 0.717) is 23.9 Å². The summed E-state index contributed by atoms with van der Waals surface area (Å²) in [5.74, 6) is 1.58. The molecule has 144 valence electrons. The lowest BCUT2D eigenvalue weighted by molar-refractivity contribution is 0.226. The maximum Gasteiger partial charge on any atom is 0.315 e. The monoisotopic (exact) mass is 370 g/mol. The predicted molar refractivity (Wildman–Crippen MR) is 102 cm³/mol. The largest absolute Gasteiger partial charge is 0.338 e. The third kappa shape index (κ3) is 4.15. The van der Waals surface area contributed by atoms with E-state index in [1.165, 1.54) is 6.07 Å². The molecule has 1 aliphatic carbocycles. The quantitative estimate of drug-likeness (QED) is 0.841. The molecule has 1 aromatic carbocycles. The molecule has 1 aromatic heterocycles. The normalized spacial score (nSPS) is 20.9. The van der Waals surface area contributed by atoms with Gasteiger partial charge in [0.25, 0.3) is 0 Å². The van der Waals surface area contributed by atoms with Crippen molar-refractivity contribution >= 4 is 6.03 Å². The van der Waals surface area contributed by atoms with Crippen LogP contribution in [0.3, 0.4) is 0 Å². The first-order valence-electron chi connectivity index (χ1n) is 9.99. The van der Waals surface area contributed by atoms with Gasteiger partial charge in [0.05, 0.1) is 6.04 Å². The lowest BCUT2D eigenvalue weighted by atomic mass is 9.91. The molecule has 2 unspecified atom stereocenters. The average molecular weight is 370 g/mol. The van der Waals surface area contributed by atoms with E-state index in [-0.39, 0.29) is 17.9 Å². The Balaban J connectivity index is 1.36. The molecule has 1 aliphatic heterocycles. The number of carbonyl (C=O) groups excluding carboxylic acids is 1. The van der Waals surface area contributed by atoms with Crippen LogP contribution in [0.25, 0.3) is 0 Å². The summed E-state index contributed by atoms with van der Waals surface area (Å²) in [5, 5.41) is 6.07. The topological polar surface area (TPSA) is 59.0 Å². The molecule has 27 heavy (non-hydrogen) atoms. The Bertz CT molecular complexity index is 784. The number of aromatic nitrogens is 2. The number of nitrogens with one attached hydrogen (secondary N) is 2. The van der Waals surface area contributed by atoms with Crippen molar-refractivity contribution in [2.45, 2.75) is 51.1 Å². The fraction of sp³-hybridized carbons (Fsp3) is 0.524. The summed E-state index contributed by atoms with van der Waals surface area (Å²) in [7, 11) is 0. The van der Waals surface area contributed by atoms with Crippen LogP contribution < -0.4 is 10.6 Å². The molecule has 2 aliphatic rings. The summed E-state index contributed by atoms with van der Waals surface area (Å²) in [4.78, 5) is 16.9. The van der Waals surface area contributed by atoms with E-state index in [0.717, 1.165) is 50.9 Å². The van der Waals surface area contributed by atoms with E-state index in [4.69, 9.17) is 0 Å². The first-order valence-corrected chi connectivity index (χ1v) is 9.99. The van der Waals surface area contributed by atoms with Gasteiger partial charge < -0.3 is 15.2 Å². The van der Waals surface area contributed by atoms with Gasteiger partial charge in [-0.15, -0.1) is 0 Å². The Morgan fingerprint density at radius 2 is 2.07 bits per heavy atom. The Morgan fingerprint density at radius 3 is 2.89 bits per heavy atom. The maximum absolute atomic E-state index is 14.3. The smallest absolute Gasteiger partial charge is 0.315 e. The van der Waals surface area contributed by atoms with E-state index in [2.05, 4.69) is 20.2 Å². The van der Waals surface area contributed by atoms with Crippen molar-refractivity contribution in [2.24, 2.45) is 11.8 Å². The Hall–Kier alpha value is -2.37. The highest BCUT2D eigenvalue weighted by atomic mass is 19.1. The number of hydrogen-bond donors (Lipinski definition) is 2. The van der Waals surface area contributed by atoms with Crippen molar-refractivity contribution in [1.82, 2.24) is 20.2 Å². The number of aryl methyl sites for hydroxylation is 1. The van der Waals surface area contributed by atoms with Gasteiger partial charge in [0, 0.05) is 37.5 Å². The number of imidazole rings is 1. The van der Waals surface area contributed by atoms with Gasteiger partial charge >= 0.3 is 6.03 Å². The standard InChI is InChI=1S/C21H27FN4O/c22-18-8-4-3-7-17(18)20(16-5-1-2-6-16)25-21(27)24-13-15-9-10-19-23-11-12-26(19)14-15/h3-4,7-8,11-12,15-16,20H,1-2,5-6,9-10,13-14H2,(H2,24,25,27). The lowest BCUT2D eigenvalue weighted by Gasteiger charge is -2.27. The molecule has 0 bridgehead atoms. The second-order valence-corrected chi connectivity index (χ2v) is 7.80. The number of urea groups is 1. The number of fused-ring (bicyclic) bond motifs is 1. The van der Waals surface area contributed by atoms with Crippen molar-refractivity contribution in [3.63, 3.8) is 0 Å². The maximum atomic E-state index is 14.3. The van der Waals surface area contributed by atoms with E-state index in [1.54, 1.807) is 12.1 Å². The van der Waals surface area contributed by atoms with Gasteiger partial charge in [-0.3, -0.25) is 0 Å². The molecule has 0 spiro atoms. The molecule has 2 aromatic rings. The third-order valence-electron chi connectivity index (χ3n) is 5.98. The molecule has 1 saturated carbocycles. The zero-order chi connectivity index (χ0) is 18.6. The van der Waals surface area contributed by atoms with Crippen LogP contribution in [0.4, 0.5) is 9.18 Å². The molecule has 2 heterocycles. The molecule has 6 heteroatoms. The van der Waals surface area contributed by atoms with E-state index >= 15 is 0 Å². The number of hydrogen-bond acceptors (Lipinski definition) is 2. The highest BCUT2D eigenvalue weighted by Gasteiger charge is 2.29. The van der Waals surface area contributed by atoms with E-state index in [1.807, 2.05) is 18.5 Å². The molecular formula is C21H27FN4O. The summed E-state index contributed by atoms with van der Waals surface area (Å²) in [5.41, 5.74) is 0.597. The van der Waals surface area contributed by atoms with Crippen LogP contribution in [-0.2, 0) is 13.0 Å². The summed E-state index contributed by atoms with van der Waals surface area (Å²) < 4.78 is 16.5. The van der Waals surface area contributed by atoms with Gasteiger partial charge in [0.1, 0.15) is 11.6 Å². The summed E-state index contributed by atoms with van der Waals surface area (Å²) in [6.45, 7) is 1.51. The van der Waals surface area contributed by atoms with Crippen molar-refractivity contribution in [3.05, 3.63) is 53.9 Å². The Labute approximate surface area is 159 Å². The SMILES string of the molecule is O=C(NCC1CCc2nccn2C1)NC(c1ccccc1F)C1CCCC1. The van der Waals surface area contributed by atoms with Crippen LogP contribution in [0.5, 0.6) is 0 Å². The first-order chi connectivity index (χ1) is 13.2. The summed E-state index contributed by atoms with van der Waals surface area (Å²) in [6, 6.07) is 6.33. The molecule has 5 nitrogen and oxygen atoms in total. The number of carbonyl (C=O) groups is 1. The fourth-order valence-electron chi connectivity index (χ4n) is 4.50. The number of halogens is 1. The first kappa shape index (κ1) is 18.0. The summed E-state index contributed by atoms with van der Waals surface area (Å²) >= 11 is 0. The molecule has 2 atom stereocenters. The van der Waals surface area contributed by atoms with Gasteiger partial charge in [0.2, 0.25) is 0 Å². The van der Waals surface area contributed by atoms with Gasteiger partial charge in [-0.2, -0.15) is 0 Å². The highest BCUT2D eigenvalue weighted by molar-refractivity contribution is 5.74. The highest BCUT2D eigenvalue weighted by Crippen LogP contribution is 2.36. The van der Waals surface area contributed by atoms with Crippen molar-refractivity contribution in [2.75, 3.05) is 6.54 Å². The number of nitrogens with zero attached hydrogens (tertiary/aromatic N) is 2. The van der Waals surface area contributed by atoms with E-state index < -0.39 is 0 Å². The van der Waals surface area contributed by atoms with Crippen LogP contribution in [-0.4, -0.2) is 22.1 Å². The van der Waals surface area contributed by atoms with Crippen LogP contribution in [0.1, 0.15) is 49.5 Å². The van der Waals surface area contributed by atoms with Gasteiger partial charge in [-0.25, -0.2) is 14.2 Å². The van der Waals surface area contributed by atoms with Crippen molar-refractivity contribution in [1.29, 1.82) is 0 Å². The molecular weight excluding hydrogens is 343 g/mol. The fourth-order valence-corrected chi connectivity index (χ4v) is 4.50. The zero-order valence-electron chi connectivity index (χ0n) is 15.5. The van der Waals surface area contributed by atoms with Crippen LogP contribution in [0, 0.1) is 17.7 Å². The van der Waals surface area contributed by atoms with Crippen LogP contribution in [0.2, 0.25) is 0 Å². The van der Waals surface area contributed by atoms with Gasteiger partial charge in [-0.1, -0.05) is 31.0 Å².